The van der Waals surface area contributed by atoms with Crippen LogP contribution < -0.4 is 10.6 Å². The van der Waals surface area contributed by atoms with Crippen molar-refractivity contribution in [1.29, 1.82) is 5.26 Å². The molecule has 1 aromatic carbocycles. The highest BCUT2D eigenvalue weighted by Gasteiger charge is 2.20. The first-order valence-corrected chi connectivity index (χ1v) is 10.9. The minimum absolute atomic E-state index is 0.000715. The van der Waals surface area contributed by atoms with Crippen molar-refractivity contribution in [2.75, 3.05) is 49.9 Å². The van der Waals surface area contributed by atoms with Gasteiger partial charge >= 0.3 is 0 Å². The Labute approximate surface area is 181 Å². The molecule has 0 spiro atoms. The first-order chi connectivity index (χ1) is 14.5. The molecule has 2 amide bonds. The van der Waals surface area contributed by atoms with Crippen LogP contribution in [0.25, 0.3) is 0 Å². The number of piperazine rings is 1. The predicted molar refractivity (Wildman–Crippen MR) is 120 cm³/mol. The van der Waals surface area contributed by atoms with Crippen molar-refractivity contribution in [3.05, 3.63) is 46.3 Å². The van der Waals surface area contributed by atoms with E-state index in [-0.39, 0.29) is 11.8 Å². The van der Waals surface area contributed by atoms with Crippen molar-refractivity contribution in [3.63, 3.8) is 0 Å². The average molecular weight is 426 g/mol. The predicted octanol–water partition coefficient (Wildman–Crippen LogP) is 2.82. The molecule has 0 unspecified atom stereocenters. The quantitative estimate of drug-likeness (QED) is 0.712. The normalized spacial score (nSPS) is 14.8. The lowest BCUT2D eigenvalue weighted by Gasteiger charge is -2.34. The number of nitrogens with zero attached hydrogens (tertiary/aromatic N) is 3. The lowest BCUT2D eigenvalue weighted by molar-refractivity contribution is -0.117. The number of benzene rings is 1. The van der Waals surface area contributed by atoms with Gasteiger partial charge in [0.2, 0.25) is 11.8 Å². The van der Waals surface area contributed by atoms with Gasteiger partial charge in [-0.25, -0.2) is 0 Å². The Kier molecular flexibility index (Phi) is 7.57. The fourth-order valence-electron chi connectivity index (χ4n) is 3.39. The molecular weight excluding hydrogens is 398 g/mol. The van der Waals surface area contributed by atoms with Gasteiger partial charge in [0.1, 0.15) is 11.1 Å². The molecule has 2 N–H and O–H groups in total. The number of hydrogen-bond acceptors (Lipinski definition) is 6. The Morgan fingerprint density at radius 1 is 1.07 bits per heavy atom. The topological polar surface area (TPSA) is 88.5 Å². The van der Waals surface area contributed by atoms with E-state index in [9.17, 15) is 9.59 Å². The van der Waals surface area contributed by atoms with Crippen LogP contribution in [0.15, 0.2) is 29.6 Å². The van der Waals surface area contributed by atoms with Crippen LogP contribution in [-0.4, -0.2) is 60.9 Å². The highest BCUT2D eigenvalue weighted by Crippen LogP contribution is 2.22. The van der Waals surface area contributed by atoms with E-state index in [2.05, 4.69) is 26.5 Å². The molecule has 2 aromatic rings. The summed E-state index contributed by atoms with van der Waals surface area (Å²) in [5.41, 5.74) is 3.63. The number of thiophene rings is 1. The Hall–Kier alpha value is -2.73. The van der Waals surface area contributed by atoms with E-state index >= 15 is 0 Å². The zero-order valence-electron chi connectivity index (χ0n) is 17.4. The molecule has 0 radical (unpaired) electrons. The SMILES string of the molecule is Cc1cccc(NC(=O)CN2CCN(CCC(=O)Nc3sccc3C#N)CC2)c1C. The van der Waals surface area contributed by atoms with Gasteiger partial charge in [0.25, 0.3) is 0 Å². The molecule has 1 saturated heterocycles. The molecule has 0 atom stereocenters. The van der Waals surface area contributed by atoms with Crippen LogP contribution in [0, 0.1) is 25.2 Å². The smallest absolute Gasteiger partial charge is 0.238 e. The number of nitriles is 1. The molecule has 2 heterocycles. The number of hydrogen-bond donors (Lipinski definition) is 2. The van der Waals surface area contributed by atoms with Crippen molar-refractivity contribution in [3.8, 4) is 6.07 Å². The zero-order chi connectivity index (χ0) is 21.5. The van der Waals surface area contributed by atoms with Gasteiger partial charge in [0.05, 0.1) is 12.1 Å². The van der Waals surface area contributed by atoms with Gasteiger partial charge in [-0.1, -0.05) is 12.1 Å². The fraction of sp³-hybridized carbons (Fsp3) is 0.409. The van der Waals surface area contributed by atoms with E-state index in [1.807, 2.05) is 32.0 Å². The summed E-state index contributed by atoms with van der Waals surface area (Å²) in [4.78, 5) is 28.9. The third kappa shape index (κ3) is 5.89. The number of anilines is 2. The zero-order valence-corrected chi connectivity index (χ0v) is 18.2. The standard InChI is InChI=1S/C22H27N5O2S/c1-16-4-3-5-19(17(16)2)24-21(29)15-27-11-9-26(10-12-27)8-6-20(28)25-22-18(14-23)7-13-30-22/h3-5,7,13H,6,8-12,15H2,1-2H3,(H,24,29)(H,25,28). The van der Waals surface area contributed by atoms with Gasteiger partial charge in [-0.05, 0) is 42.5 Å². The van der Waals surface area contributed by atoms with Gasteiger partial charge in [-0.3, -0.25) is 14.5 Å². The summed E-state index contributed by atoms with van der Waals surface area (Å²) >= 11 is 1.36. The van der Waals surface area contributed by atoms with Crippen LogP contribution >= 0.6 is 11.3 Å². The highest BCUT2D eigenvalue weighted by atomic mass is 32.1. The molecule has 7 nitrogen and oxygen atoms in total. The first-order valence-electron chi connectivity index (χ1n) is 10.0. The molecule has 1 fully saturated rings. The fourth-order valence-corrected chi connectivity index (χ4v) is 4.15. The van der Waals surface area contributed by atoms with Gasteiger partial charge in [0, 0.05) is 44.8 Å². The number of aryl methyl sites for hydroxylation is 1. The molecule has 0 aliphatic carbocycles. The van der Waals surface area contributed by atoms with Crippen LogP contribution in [0.5, 0.6) is 0 Å². The Morgan fingerprint density at radius 2 is 1.80 bits per heavy atom. The summed E-state index contributed by atoms with van der Waals surface area (Å²) in [5, 5.41) is 17.2. The van der Waals surface area contributed by atoms with E-state index in [1.165, 1.54) is 11.3 Å². The number of nitrogens with one attached hydrogen (secondary N) is 2. The van der Waals surface area contributed by atoms with E-state index in [0.717, 1.165) is 43.0 Å². The van der Waals surface area contributed by atoms with Crippen molar-refractivity contribution < 1.29 is 9.59 Å². The molecule has 8 heteroatoms. The third-order valence-corrected chi connectivity index (χ3v) is 6.23. The lowest BCUT2D eigenvalue weighted by Crippen LogP contribution is -2.49. The lowest BCUT2D eigenvalue weighted by atomic mass is 10.1. The number of carbonyl (C=O) groups excluding carboxylic acids is 2. The monoisotopic (exact) mass is 425 g/mol. The van der Waals surface area contributed by atoms with E-state index in [1.54, 1.807) is 11.4 Å². The van der Waals surface area contributed by atoms with E-state index in [0.29, 0.717) is 30.1 Å². The van der Waals surface area contributed by atoms with Crippen LogP contribution in [-0.2, 0) is 9.59 Å². The minimum Gasteiger partial charge on any atom is -0.325 e. The maximum Gasteiger partial charge on any atom is 0.238 e. The average Bonchev–Trinajstić information content (AvgIpc) is 3.18. The maximum atomic E-state index is 12.4. The van der Waals surface area contributed by atoms with Crippen LogP contribution in [0.2, 0.25) is 0 Å². The van der Waals surface area contributed by atoms with Crippen molar-refractivity contribution in [1.82, 2.24) is 9.80 Å². The molecular formula is C22H27N5O2S. The molecule has 158 valence electrons. The first kappa shape index (κ1) is 22.0. The minimum atomic E-state index is -0.0794. The van der Waals surface area contributed by atoms with Gasteiger partial charge in [-0.15, -0.1) is 11.3 Å². The molecule has 3 rings (SSSR count). The van der Waals surface area contributed by atoms with E-state index < -0.39 is 0 Å². The Balaban J connectivity index is 1.37. The maximum absolute atomic E-state index is 12.4. The summed E-state index contributed by atoms with van der Waals surface area (Å²) < 4.78 is 0. The highest BCUT2D eigenvalue weighted by molar-refractivity contribution is 7.14. The van der Waals surface area contributed by atoms with Crippen LogP contribution in [0.4, 0.5) is 10.7 Å². The van der Waals surface area contributed by atoms with Crippen LogP contribution in [0.1, 0.15) is 23.1 Å². The molecule has 1 aromatic heterocycles. The second-order valence-corrected chi connectivity index (χ2v) is 8.40. The third-order valence-electron chi connectivity index (χ3n) is 5.40. The Bertz CT molecular complexity index is 941. The summed E-state index contributed by atoms with van der Waals surface area (Å²) in [6.07, 6.45) is 0.385. The molecule has 1 aliphatic rings. The van der Waals surface area contributed by atoms with Gasteiger partial charge in [-0.2, -0.15) is 5.26 Å². The van der Waals surface area contributed by atoms with Crippen molar-refractivity contribution in [2.24, 2.45) is 0 Å². The molecule has 0 bridgehead atoms. The van der Waals surface area contributed by atoms with E-state index in [4.69, 9.17) is 5.26 Å². The second kappa shape index (κ2) is 10.3. The number of rotatable bonds is 7. The molecule has 0 saturated carbocycles. The Morgan fingerprint density at radius 3 is 2.53 bits per heavy atom. The largest absolute Gasteiger partial charge is 0.325 e. The van der Waals surface area contributed by atoms with Gasteiger partial charge < -0.3 is 15.5 Å². The molecule has 30 heavy (non-hydrogen) atoms. The summed E-state index contributed by atoms with van der Waals surface area (Å²) in [5.74, 6) is -0.0787. The van der Waals surface area contributed by atoms with Crippen molar-refractivity contribution in [2.45, 2.75) is 20.3 Å². The number of carbonyl (C=O) groups is 2. The van der Waals surface area contributed by atoms with Gasteiger partial charge in [0.15, 0.2) is 0 Å². The molecule has 1 aliphatic heterocycles. The summed E-state index contributed by atoms with van der Waals surface area (Å²) in [6, 6.07) is 9.69. The van der Waals surface area contributed by atoms with Crippen LogP contribution in [0.3, 0.4) is 0 Å². The second-order valence-electron chi connectivity index (χ2n) is 7.49. The number of amides is 2. The summed E-state index contributed by atoms with van der Waals surface area (Å²) in [6.45, 7) is 8.33. The van der Waals surface area contributed by atoms with Crippen molar-refractivity contribution >= 4 is 33.8 Å². The summed E-state index contributed by atoms with van der Waals surface area (Å²) in [7, 11) is 0.